The van der Waals surface area contributed by atoms with Crippen molar-refractivity contribution in [1.82, 2.24) is 19.1 Å². The minimum atomic E-state index is -3.59. The van der Waals surface area contributed by atoms with Gasteiger partial charge in [-0.1, -0.05) is 24.3 Å². The zero-order valence-electron chi connectivity index (χ0n) is 13.3. The van der Waals surface area contributed by atoms with Gasteiger partial charge in [-0.25, -0.2) is 13.4 Å². The number of aromatic hydroxyl groups is 1. The fraction of sp³-hybridized carbons (Fsp3) is 0.176. The lowest BCUT2D eigenvalue weighted by Crippen LogP contribution is -2.35. The van der Waals surface area contributed by atoms with Gasteiger partial charge in [-0.2, -0.15) is 14.1 Å². The fourth-order valence-electron chi connectivity index (χ4n) is 2.94. The Balaban J connectivity index is 1.69. The van der Waals surface area contributed by atoms with Crippen molar-refractivity contribution in [2.45, 2.75) is 17.9 Å². The van der Waals surface area contributed by atoms with Gasteiger partial charge in [-0.05, 0) is 30.7 Å². The van der Waals surface area contributed by atoms with Gasteiger partial charge in [0.25, 0.3) is 0 Å². The monoisotopic (exact) mass is 356 g/mol. The molecule has 0 aliphatic carbocycles. The van der Waals surface area contributed by atoms with Crippen LogP contribution in [0.2, 0.25) is 0 Å². The predicted octanol–water partition coefficient (Wildman–Crippen LogP) is 1.72. The quantitative estimate of drug-likeness (QED) is 0.772. The molecule has 1 aliphatic rings. The topological polar surface area (TPSA) is 88.3 Å². The lowest BCUT2D eigenvalue weighted by molar-refractivity contribution is 0.380. The highest BCUT2D eigenvalue weighted by molar-refractivity contribution is 7.89. The molecule has 4 rings (SSSR count). The SMILES string of the molecule is O=S(=O)(c1ccccc1)N1CCc2c(nn(-c3ccccn3)c2O)C1. The van der Waals surface area contributed by atoms with Crippen LogP contribution in [0, 0.1) is 0 Å². The van der Waals surface area contributed by atoms with Crippen molar-refractivity contribution >= 4 is 10.0 Å². The first-order valence-electron chi connectivity index (χ1n) is 7.84. The summed E-state index contributed by atoms with van der Waals surface area (Å²) < 4.78 is 28.3. The summed E-state index contributed by atoms with van der Waals surface area (Å²) in [6.45, 7) is 0.422. The van der Waals surface area contributed by atoms with E-state index in [0.717, 1.165) is 0 Å². The predicted molar refractivity (Wildman–Crippen MR) is 90.8 cm³/mol. The van der Waals surface area contributed by atoms with Gasteiger partial charge in [0, 0.05) is 18.3 Å². The van der Waals surface area contributed by atoms with Gasteiger partial charge < -0.3 is 5.11 Å². The summed E-state index contributed by atoms with van der Waals surface area (Å²) in [6, 6.07) is 13.6. The molecule has 2 aromatic heterocycles. The summed E-state index contributed by atoms with van der Waals surface area (Å²) in [5.74, 6) is 0.511. The van der Waals surface area contributed by atoms with Gasteiger partial charge in [0.05, 0.1) is 17.1 Å². The third-order valence-corrected chi connectivity index (χ3v) is 6.08. The lowest BCUT2D eigenvalue weighted by Gasteiger charge is -2.25. The van der Waals surface area contributed by atoms with E-state index in [9.17, 15) is 13.5 Å². The van der Waals surface area contributed by atoms with E-state index in [1.165, 1.54) is 8.99 Å². The molecular weight excluding hydrogens is 340 g/mol. The van der Waals surface area contributed by atoms with E-state index in [4.69, 9.17) is 0 Å². The van der Waals surface area contributed by atoms with E-state index in [-0.39, 0.29) is 17.3 Å². The van der Waals surface area contributed by atoms with E-state index in [1.807, 2.05) is 0 Å². The number of sulfonamides is 1. The summed E-state index contributed by atoms with van der Waals surface area (Å²) in [5.41, 5.74) is 1.22. The summed E-state index contributed by atoms with van der Waals surface area (Å²) in [5, 5.41) is 14.8. The molecule has 7 nitrogen and oxygen atoms in total. The average molecular weight is 356 g/mol. The number of pyridine rings is 1. The maximum Gasteiger partial charge on any atom is 0.243 e. The molecule has 1 aliphatic heterocycles. The van der Waals surface area contributed by atoms with Gasteiger partial charge in [0.1, 0.15) is 0 Å². The number of rotatable bonds is 3. The average Bonchev–Trinajstić information content (AvgIpc) is 2.99. The molecule has 0 fully saturated rings. The highest BCUT2D eigenvalue weighted by atomic mass is 32.2. The van der Waals surface area contributed by atoms with Gasteiger partial charge in [-0.15, -0.1) is 0 Å². The van der Waals surface area contributed by atoms with Crippen LogP contribution < -0.4 is 0 Å². The maximum absolute atomic E-state index is 12.8. The van der Waals surface area contributed by atoms with Crippen LogP contribution in [0.15, 0.2) is 59.6 Å². The van der Waals surface area contributed by atoms with Crippen LogP contribution in [0.25, 0.3) is 5.82 Å². The highest BCUT2D eigenvalue weighted by Gasteiger charge is 2.32. The van der Waals surface area contributed by atoms with Crippen LogP contribution in [0.3, 0.4) is 0 Å². The molecule has 0 atom stereocenters. The van der Waals surface area contributed by atoms with Gasteiger partial charge in [-0.3, -0.25) is 0 Å². The molecule has 3 aromatic rings. The smallest absolute Gasteiger partial charge is 0.243 e. The molecule has 0 saturated carbocycles. The molecule has 0 radical (unpaired) electrons. The molecule has 1 N–H and O–H groups in total. The minimum Gasteiger partial charge on any atom is -0.493 e. The Morgan fingerprint density at radius 3 is 2.52 bits per heavy atom. The van der Waals surface area contributed by atoms with Crippen molar-refractivity contribution in [2.75, 3.05) is 6.54 Å². The summed E-state index contributed by atoms with van der Waals surface area (Å²) in [4.78, 5) is 4.43. The second-order valence-electron chi connectivity index (χ2n) is 5.75. The Kier molecular flexibility index (Phi) is 3.78. The van der Waals surface area contributed by atoms with E-state index in [2.05, 4.69) is 10.1 Å². The van der Waals surface area contributed by atoms with Crippen molar-refractivity contribution < 1.29 is 13.5 Å². The molecule has 0 bridgehead atoms. The molecule has 3 heterocycles. The maximum atomic E-state index is 12.8. The zero-order valence-corrected chi connectivity index (χ0v) is 14.1. The lowest BCUT2D eigenvalue weighted by atomic mass is 10.1. The van der Waals surface area contributed by atoms with E-state index >= 15 is 0 Å². The minimum absolute atomic E-state index is 0.0189. The highest BCUT2D eigenvalue weighted by Crippen LogP contribution is 2.31. The first kappa shape index (κ1) is 15.8. The first-order valence-corrected chi connectivity index (χ1v) is 9.28. The van der Waals surface area contributed by atoms with Crippen LogP contribution >= 0.6 is 0 Å². The van der Waals surface area contributed by atoms with Crippen molar-refractivity contribution in [1.29, 1.82) is 0 Å². The third-order valence-electron chi connectivity index (χ3n) is 4.22. The number of fused-ring (bicyclic) bond motifs is 1. The second kappa shape index (κ2) is 5.98. The van der Waals surface area contributed by atoms with Gasteiger partial charge in [0.15, 0.2) is 5.82 Å². The van der Waals surface area contributed by atoms with Crippen LogP contribution in [0.1, 0.15) is 11.3 Å². The van der Waals surface area contributed by atoms with E-state index in [1.54, 1.807) is 54.7 Å². The van der Waals surface area contributed by atoms with Gasteiger partial charge >= 0.3 is 0 Å². The number of benzene rings is 1. The normalized spacial score (nSPS) is 15.0. The Bertz CT molecular complexity index is 1000. The number of hydrogen-bond acceptors (Lipinski definition) is 5. The Morgan fingerprint density at radius 1 is 1.04 bits per heavy atom. The molecule has 25 heavy (non-hydrogen) atoms. The van der Waals surface area contributed by atoms with Crippen molar-refractivity contribution in [3.63, 3.8) is 0 Å². The first-order chi connectivity index (χ1) is 12.1. The van der Waals surface area contributed by atoms with Crippen LogP contribution in [0.4, 0.5) is 0 Å². The molecule has 0 amide bonds. The van der Waals surface area contributed by atoms with Crippen LogP contribution in [-0.2, 0) is 23.0 Å². The molecular formula is C17H16N4O3S. The summed E-state index contributed by atoms with van der Waals surface area (Å²) in [7, 11) is -3.59. The molecule has 0 unspecified atom stereocenters. The van der Waals surface area contributed by atoms with Crippen molar-refractivity contribution in [3.8, 4) is 11.7 Å². The zero-order chi connectivity index (χ0) is 17.4. The number of aromatic nitrogens is 3. The van der Waals surface area contributed by atoms with E-state index < -0.39 is 10.0 Å². The van der Waals surface area contributed by atoms with E-state index in [0.29, 0.717) is 30.0 Å². The van der Waals surface area contributed by atoms with Crippen molar-refractivity contribution in [3.05, 3.63) is 66.0 Å². The fourth-order valence-corrected chi connectivity index (χ4v) is 4.36. The number of hydrogen-bond donors (Lipinski definition) is 1. The third kappa shape index (κ3) is 2.69. The molecule has 0 spiro atoms. The molecule has 128 valence electrons. The standard InChI is InChI=1S/C17H16N4O3S/c22-17-14-9-11-20(25(23,24)13-6-2-1-3-7-13)12-15(14)19-21(17)16-8-4-5-10-18-16/h1-8,10,22H,9,11-12H2. The summed E-state index contributed by atoms with van der Waals surface area (Å²) >= 11 is 0. The van der Waals surface area contributed by atoms with Crippen molar-refractivity contribution in [2.24, 2.45) is 0 Å². The Labute approximate surface area is 145 Å². The van der Waals surface area contributed by atoms with Gasteiger partial charge in [0.2, 0.25) is 15.9 Å². The largest absolute Gasteiger partial charge is 0.493 e. The summed E-state index contributed by atoms with van der Waals surface area (Å²) in [6.07, 6.45) is 2.02. The van der Waals surface area contributed by atoms with Crippen LogP contribution in [0.5, 0.6) is 5.88 Å². The van der Waals surface area contributed by atoms with Crippen LogP contribution in [-0.4, -0.2) is 39.1 Å². The Hall–Kier alpha value is -2.71. The molecule has 0 saturated heterocycles. The molecule has 8 heteroatoms. The molecule has 1 aromatic carbocycles. The second-order valence-corrected chi connectivity index (χ2v) is 7.69. The number of nitrogens with zero attached hydrogens (tertiary/aromatic N) is 4. The Morgan fingerprint density at radius 2 is 1.80 bits per heavy atom.